The van der Waals surface area contributed by atoms with Crippen LogP contribution in [-0.2, 0) is 19.4 Å². The van der Waals surface area contributed by atoms with Gasteiger partial charge in [-0.2, -0.15) is 5.10 Å². The van der Waals surface area contributed by atoms with Crippen LogP contribution in [0.1, 0.15) is 23.9 Å². The summed E-state index contributed by atoms with van der Waals surface area (Å²) in [4.78, 5) is 0. The van der Waals surface area contributed by atoms with Crippen molar-refractivity contribution < 1.29 is 4.39 Å². The van der Waals surface area contributed by atoms with Crippen LogP contribution >= 0.6 is 23.2 Å². The summed E-state index contributed by atoms with van der Waals surface area (Å²) >= 11 is 12.4. The molecule has 1 aromatic carbocycles. The molecule has 2 rings (SSSR count). The number of halogens is 3. The van der Waals surface area contributed by atoms with Gasteiger partial charge in [0.25, 0.3) is 0 Å². The highest BCUT2D eigenvalue weighted by Crippen LogP contribution is 2.25. The van der Waals surface area contributed by atoms with Gasteiger partial charge >= 0.3 is 0 Å². The van der Waals surface area contributed by atoms with Crippen molar-refractivity contribution in [2.45, 2.75) is 33.2 Å². The summed E-state index contributed by atoms with van der Waals surface area (Å²) < 4.78 is 14.9. The van der Waals surface area contributed by atoms with Gasteiger partial charge in [-0.25, -0.2) is 4.39 Å². The van der Waals surface area contributed by atoms with Crippen LogP contribution in [0.5, 0.6) is 0 Å². The number of rotatable bonds is 6. The topological polar surface area (TPSA) is 17.8 Å². The Balaban J connectivity index is 2.14. The van der Waals surface area contributed by atoms with Crippen LogP contribution in [0.4, 0.5) is 4.39 Å². The van der Waals surface area contributed by atoms with E-state index in [4.69, 9.17) is 23.2 Å². The van der Waals surface area contributed by atoms with Crippen LogP contribution in [0.3, 0.4) is 0 Å². The van der Waals surface area contributed by atoms with Gasteiger partial charge in [-0.15, -0.1) is 11.6 Å². The molecule has 0 fully saturated rings. The molecule has 21 heavy (non-hydrogen) atoms. The van der Waals surface area contributed by atoms with Crippen LogP contribution in [0.25, 0.3) is 0 Å². The summed E-state index contributed by atoms with van der Waals surface area (Å²) in [6.45, 7) is 4.74. The predicted octanol–water partition coefficient (Wildman–Crippen LogP) is 4.64. The number of hydrogen-bond acceptors (Lipinski definition) is 1. The molecule has 1 unspecified atom stereocenters. The molecule has 0 N–H and O–H groups in total. The third kappa shape index (κ3) is 3.98. The molecule has 0 radical (unpaired) electrons. The Morgan fingerprint density at radius 3 is 2.48 bits per heavy atom. The standard InChI is InChI=1S/C16H19Cl2FN2/c1-3-21-15(16(18)11(2)20-21)9-13(10-17)8-12-4-6-14(19)7-5-12/h4-7,13H,3,8-10H2,1-2H3. The second-order valence-electron chi connectivity index (χ2n) is 5.22. The summed E-state index contributed by atoms with van der Waals surface area (Å²) in [6.07, 6.45) is 1.57. The van der Waals surface area contributed by atoms with E-state index in [2.05, 4.69) is 5.10 Å². The maximum atomic E-state index is 13.0. The van der Waals surface area contributed by atoms with E-state index in [0.29, 0.717) is 5.88 Å². The van der Waals surface area contributed by atoms with Crippen LogP contribution < -0.4 is 0 Å². The second kappa shape index (κ2) is 7.28. The molecule has 2 aromatic rings. The Kier molecular flexibility index (Phi) is 5.65. The van der Waals surface area contributed by atoms with Gasteiger partial charge in [-0.05, 0) is 50.3 Å². The normalized spacial score (nSPS) is 12.6. The second-order valence-corrected chi connectivity index (χ2v) is 5.90. The van der Waals surface area contributed by atoms with Crippen molar-refractivity contribution in [3.05, 3.63) is 52.1 Å². The Bertz CT molecular complexity index is 593. The summed E-state index contributed by atoms with van der Waals surface area (Å²) in [5.41, 5.74) is 2.96. The summed E-state index contributed by atoms with van der Waals surface area (Å²) in [5, 5.41) is 5.15. The first-order chi connectivity index (χ1) is 10.0. The highest BCUT2D eigenvalue weighted by molar-refractivity contribution is 6.31. The molecule has 0 saturated carbocycles. The largest absolute Gasteiger partial charge is 0.268 e. The lowest BCUT2D eigenvalue weighted by atomic mass is 9.96. The lowest BCUT2D eigenvalue weighted by Crippen LogP contribution is -2.14. The Morgan fingerprint density at radius 1 is 1.24 bits per heavy atom. The van der Waals surface area contributed by atoms with Gasteiger partial charge in [0.05, 0.1) is 16.4 Å². The van der Waals surface area contributed by atoms with Gasteiger partial charge in [-0.3, -0.25) is 4.68 Å². The zero-order valence-electron chi connectivity index (χ0n) is 12.2. The van der Waals surface area contributed by atoms with E-state index in [1.807, 2.05) is 18.5 Å². The first kappa shape index (κ1) is 16.3. The maximum Gasteiger partial charge on any atom is 0.123 e. The number of aryl methyl sites for hydroxylation is 2. The smallest absolute Gasteiger partial charge is 0.123 e. The molecular weight excluding hydrogens is 310 g/mol. The van der Waals surface area contributed by atoms with E-state index in [-0.39, 0.29) is 11.7 Å². The molecule has 5 heteroatoms. The summed E-state index contributed by atoms with van der Waals surface area (Å²) in [6, 6.07) is 6.57. The molecule has 1 atom stereocenters. The number of alkyl halides is 1. The molecule has 0 amide bonds. The Hall–Kier alpha value is -1.06. The third-order valence-corrected chi connectivity index (χ3v) is 4.52. The first-order valence-electron chi connectivity index (χ1n) is 7.07. The van der Waals surface area contributed by atoms with E-state index in [0.717, 1.165) is 41.4 Å². The van der Waals surface area contributed by atoms with Crippen molar-refractivity contribution >= 4 is 23.2 Å². The maximum absolute atomic E-state index is 13.0. The van der Waals surface area contributed by atoms with Crippen LogP contribution in [0.2, 0.25) is 5.02 Å². The van der Waals surface area contributed by atoms with E-state index in [9.17, 15) is 4.39 Å². The first-order valence-corrected chi connectivity index (χ1v) is 7.98. The van der Waals surface area contributed by atoms with Crippen molar-refractivity contribution in [2.24, 2.45) is 5.92 Å². The number of aromatic nitrogens is 2. The predicted molar refractivity (Wildman–Crippen MR) is 85.7 cm³/mol. The van der Waals surface area contributed by atoms with Gasteiger partial charge in [0.2, 0.25) is 0 Å². The molecule has 0 aliphatic heterocycles. The number of benzene rings is 1. The van der Waals surface area contributed by atoms with E-state index < -0.39 is 0 Å². The summed E-state index contributed by atoms with van der Waals surface area (Å²) in [5.74, 6) is 0.557. The van der Waals surface area contributed by atoms with Gasteiger partial charge in [0, 0.05) is 12.4 Å². The fourth-order valence-corrected chi connectivity index (χ4v) is 2.90. The van der Waals surface area contributed by atoms with E-state index >= 15 is 0 Å². The average molecular weight is 329 g/mol. The molecular formula is C16H19Cl2FN2. The zero-order valence-corrected chi connectivity index (χ0v) is 13.8. The van der Waals surface area contributed by atoms with Crippen molar-refractivity contribution in [1.29, 1.82) is 0 Å². The van der Waals surface area contributed by atoms with E-state index in [1.165, 1.54) is 12.1 Å². The summed E-state index contributed by atoms with van der Waals surface area (Å²) in [7, 11) is 0. The minimum atomic E-state index is -0.219. The highest BCUT2D eigenvalue weighted by atomic mass is 35.5. The van der Waals surface area contributed by atoms with Gasteiger partial charge in [0.1, 0.15) is 5.82 Å². The minimum Gasteiger partial charge on any atom is -0.268 e. The molecule has 1 aromatic heterocycles. The van der Waals surface area contributed by atoms with Crippen LogP contribution in [0, 0.1) is 18.7 Å². The third-order valence-electron chi connectivity index (χ3n) is 3.59. The van der Waals surface area contributed by atoms with Crippen LogP contribution in [-0.4, -0.2) is 15.7 Å². The molecule has 0 saturated heterocycles. The zero-order chi connectivity index (χ0) is 15.4. The molecule has 2 nitrogen and oxygen atoms in total. The Labute approximate surface area is 134 Å². The molecule has 0 bridgehead atoms. The van der Waals surface area contributed by atoms with Gasteiger partial charge in [0.15, 0.2) is 0 Å². The molecule has 114 valence electrons. The lowest BCUT2D eigenvalue weighted by molar-refractivity contribution is 0.531. The minimum absolute atomic E-state index is 0.219. The quantitative estimate of drug-likeness (QED) is 0.706. The van der Waals surface area contributed by atoms with Gasteiger partial charge < -0.3 is 0 Å². The van der Waals surface area contributed by atoms with Crippen molar-refractivity contribution in [3.8, 4) is 0 Å². The molecule has 1 heterocycles. The van der Waals surface area contributed by atoms with Crippen molar-refractivity contribution in [1.82, 2.24) is 9.78 Å². The number of hydrogen-bond donors (Lipinski definition) is 0. The number of nitrogens with zero attached hydrogens (tertiary/aromatic N) is 2. The molecule has 0 spiro atoms. The van der Waals surface area contributed by atoms with Crippen molar-refractivity contribution in [3.63, 3.8) is 0 Å². The lowest BCUT2D eigenvalue weighted by Gasteiger charge is -2.15. The average Bonchev–Trinajstić information content (AvgIpc) is 2.76. The highest BCUT2D eigenvalue weighted by Gasteiger charge is 2.18. The van der Waals surface area contributed by atoms with Crippen molar-refractivity contribution in [2.75, 3.05) is 5.88 Å². The van der Waals surface area contributed by atoms with Gasteiger partial charge in [-0.1, -0.05) is 23.7 Å². The van der Waals surface area contributed by atoms with E-state index in [1.54, 1.807) is 12.1 Å². The molecule has 0 aliphatic carbocycles. The fourth-order valence-electron chi connectivity index (χ4n) is 2.47. The van der Waals surface area contributed by atoms with Crippen LogP contribution in [0.15, 0.2) is 24.3 Å². The Morgan fingerprint density at radius 2 is 1.90 bits per heavy atom. The SMILES string of the molecule is CCn1nc(C)c(Cl)c1CC(CCl)Cc1ccc(F)cc1. The molecule has 0 aliphatic rings. The fraction of sp³-hybridized carbons (Fsp3) is 0.438. The monoisotopic (exact) mass is 328 g/mol.